The van der Waals surface area contributed by atoms with E-state index in [1.165, 1.54) is 24.3 Å². The zero-order valence-electron chi connectivity index (χ0n) is 21.9. The van der Waals surface area contributed by atoms with Crippen LogP contribution >= 0.6 is 0 Å². The molecule has 3 aromatic rings. The molecular formula is C28H24F6N2O5S. The van der Waals surface area contributed by atoms with E-state index in [9.17, 15) is 44.7 Å². The number of nitrogens with zero attached hydrogens (tertiary/aromatic N) is 2. The minimum Gasteiger partial charge on any atom is -0.486 e. The lowest BCUT2D eigenvalue weighted by molar-refractivity contribution is -0.157. The first-order chi connectivity index (χ1) is 19.5. The van der Waals surface area contributed by atoms with Crippen molar-refractivity contribution in [3.63, 3.8) is 0 Å². The SMILES string of the molecule is C[C@]1(C(=O)O)C[C@@H](C[C@H]2CN(S(=O)(=O)c3cccc(C(F)(F)F)c3)c3cc(-c4cccc(C(F)(F)F)n4)ccc3O2)C1. The van der Waals surface area contributed by atoms with Crippen LogP contribution in [0.2, 0.25) is 0 Å². The van der Waals surface area contributed by atoms with Gasteiger partial charge in [-0.2, -0.15) is 26.3 Å². The van der Waals surface area contributed by atoms with E-state index in [-0.39, 0.29) is 41.6 Å². The van der Waals surface area contributed by atoms with Crippen LogP contribution in [-0.2, 0) is 27.2 Å². The molecule has 2 heterocycles. The molecule has 1 N–H and O–H groups in total. The summed E-state index contributed by atoms with van der Waals surface area (Å²) in [4.78, 5) is 14.5. The molecule has 224 valence electrons. The number of hydrogen-bond acceptors (Lipinski definition) is 5. The van der Waals surface area contributed by atoms with Crippen LogP contribution in [0.15, 0.2) is 65.6 Å². The molecule has 7 nitrogen and oxygen atoms in total. The minimum absolute atomic E-state index is 0.0536. The Morgan fingerprint density at radius 2 is 1.71 bits per heavy atom. The molecule has 0 spiro atoms. The largest absolute Gasteiger partial charge is 0.486 e. The highest BCUT2D eigenvalue weighted by molar-refractivity contribution is 7.92. The van der Waals surface area contributed by atoms with Crippen molar-refractivity contribution in [2.24, 2.45) is 11.3 Å². The maximum Gasteiger partial charge on any atom is 0.433 e. The van der Waals surface area contributed by atoms with Crippen molar-refractivity contribution < 1.29 is 49.4 Å². The average Bonchev–Trinajstić information content (AvgIpc) is 2.90. The van der Waals surface area contributed by atoms with Crippen LogP contribution in [0.5, 0.6) is 5.75 Å². The number of carboxylic acid groups (broad SMARTS) is 1. The average molecular weight is 615 g/mol. The lowest BCUT2D eigenvalue weighted by Crippen LogP contribution is -2.47. The first-order valence-electron chi connectivity index (χ1n) is 12.8. The Labute approximate surface area is 236 Å². The second-order valence-electron chi connectivity index (χ2n) is 10.8. The number of sulfonamides is 1. The monoisotopic (exact) mass is 614 g/mol. The van der Waals surface area contributed by atoms with Crippen molar-refractivity contribution >= 4 is 21.7 Å². The Morgan fingerprint density at radius 1 is 1.02 bits per heavy atom. The molecule has 2 aromatic carbocycles. The van der Waals surface area contributed by atoms with E-state index in [1.54, 1.807) is 6.92 Å². The van der Waals surface area contributed by atoms with Gasteiger partial charge in [0, 0.05) is 5.56 Å². The molecular weight excluding hydrogens is 590 g/mol. The predicted molar refractivity (Wildman–Crippen MR) is 138 cm³/mol. The second kappa shape index (κ2) is 10.2. The second-order valence-corrected chi connectivity index (χ2v) is 12.6. The lowest BCUT2D eigenvalue weighted by atomic mass is 9.61. The summed E-state index contributed by atoms with van der Waals surface area (Å²) in [5.41, 5.74) is -3.29. The van der Waals surface area contributed by atoms with Crippen LogP contribution in [-0.4, -0.2) is 37.1 Å². The molecule has 14 heteroatoms. The summed E-state index contributed by atoms with van der Waals surface area (Å²) in [5, 5.41) is 9.42. The summed E-state index contributed by atoms with van der Waals surface area (Å²) in [6.45, 7) is 1.29. The number of alkyl halides is 6. The van der Waals surface area contributed by atoms with E-state index in [0.29, 0.717) is 18.9 Å². The smallest absolute Gasteiger partial charge is 0.433 e. The Balaban J connectivity index is 1.54. The zero-order valence-corrected chi connectivity index (χ0v) is 22.7. The van der Waals surface area contributed by atoms with E-state index >= 15 is 0 Å². The molecule has 0 bridgehead atoms. The van der Waals surface area contributed by atoms with Crippen LogP contribution in [0.3, 0.4) is 0 Å². The highest BCUT2D eigenvalue weighted by Crippen LogP contribution is 2.49. The van der Waals surface area contributed by atoms with Gasteiger partial charge in [-0.1, -0.05) is 12.1 Å². The topological polar surface area (TPSA) is 96.8 Å². The van der Waals surface area contributed by atoms with E-state index in [2.05, 4.69) is 4.98 Å². The lowest BCUT2D eigenvalue weighted by Gasteiger charge is -2.44. The summed E-state index contributed by atoms with van der Waals surface area (Å²) in [7, 11) is -4.62. The molecule has 42 heavy (non-hydrogen) atoms. The third-order valence-electron chi connectivity index (χ3n) is 7.57. The highest BCUT2D eigenvalue weighted by atomic mass is 32.2. The maximum atomic E-state index is 13.8. The standard InChI is InChI=1S/C28H24F6N2O5S/c1-26(25(37)38)13-16(14-26)10-19-15-36(42(39,40)20-5-2-4-18(12-20)27(29,30)31)22-11-17(8-9-23(22)41-19)21-6-3-7-24(35-21)28(32,33)34/h2-9,11-12,16,19H,10,13-15H2,1H3,(H,37,38)/t16-,19-,26+/m0/s1. The number of anilines is 1. The Kier molecular flexibility index (Phi) is 7.19. The molecule has 5 rings (SSSR count). The molecule has 1 aliphatic carbocycles. The third-order valence-corrected chi connectivity index (χ3v) is 9.34. The number of rotatable bonds is 6. The molecule has 1 fully saturated rings. The summed E-state index contributed by atoms with van der Waals surface area (Å²) >= 11 is 0. The van der Waals surface area contributed by atoms with Crippen LogP contribution < -0.4 is 9.04 Å². The number of benzene rings is 2. The van der Waals surface area contributed by atoms with Crippen LogP contribution in [0.4, 0.5) is 32.0 Å². The molecule has 0 unspecified atom stereocenters. The summed E-state index contributed by atoms with van der Waals surface area (Å²) in [6, 6.07) is 10.5. The maximum absolute atomic E-state index is 13.8. The van der Waals surface area contributed by atoms with Gasteiger partial charge in [0.05, 0.1) is 33.8 Å². The van der Waals surface area contributed by atoms with Crippen molar-refractivity contribution in [3.05, 3.63) is 71.9 Å². The number of fused-ring (bicyclic) bond motifs is 1. The fourth-order valence-electron chi connectivity index (χ4n) is 5.46. The first kappa shape index (κ1) is 29.7. The number of ether oxygens (including phenoxy) is 1. The molecule has 1 aliphatic heterocycles. The highest BCUT2D eigenvalue weighted by Gasteiger charge is 2.48. The van der Waals surface area contributed by atoms with E-state index in [0.717, 1.165) is 34.6 Å². The number of carboxylic acids is 1. The van der Waals surface area contributed by atoms with Crippen molar-refractivity contribution in [1.29, 1.82) is 0 Å². The molecule has 1 saturated carbocycles. The fraction of sp³-hybridized carbons (Fsp3) is 0.357. The number of aliphatic carboxylic acids is 1. The molecule has 0 radical (unpaired) electrons. The molecule has 1 atom stereocenters. The van der Waals surface area contributed by atoms with E-state index in [4.69, 9.17) is 4.74 Å². The number of carbonyl (C=O) groups is 1. The van der Waals surface area contributed by atoms with Gasteiger partial charge in [-0.15, -0.1) is 0 Å². The fourth-order valence-corrected chi connectivity index (χ4v) is 7.01. The van der Waals surface area contributed by atoms with Gasteiger partial charge in [0.15, 0.2) is 0 Å². The van der Waals surface area contributed by atoms with Crippen LogP contribution in [0.25, 0.3) is 11.3 Å². The number of halogens is 6. The Morgan fingerprint density at radius 3 is 2.36 bits per heavy atom. The van der Waals surface area contributed by atoms with Gasteiger partial charge >= 0.3 is 18.3 Å². The van der Waals surface area contributed by atoms with Gasteiger partial charge in [-0.05, 0) is 80.6 Å². The number of hydrogen-bond donors (Lipinski definition) is 1. The third kappa shape index (κ3) is 5.63. The minimum atomic E-state index is -4.81. The van der Waals surface area contributed by atoms with Gasteiger partial charge in [0.25, 0.3) is 10.0 Å². The molecule has 0 amide bonds. The summed E-state index contributed by atoms with van der Waals surface area (Å²) in [6.07, 6.45) is -9.32. The summed E-state index contributed by atoms with van der Waals surface area (Å²) in [5.74, 6) is -0.986. The Bertz CT molecular complexity index is 1630. The van der Waals surface area contributed by atoms with Crippen molar-refractivity contribution in [3.8, 4) is 17.0 Å². The summed E-state index contributed by atoms with van der Waals surface area (Å²) < 4.78 is 115. The van der Waals surface area contributed by atoms with Gasteiger partial charge in [-0.25, -0.2) is 13.4 Å². The van der Waals surface area contributed by atoms with Gasteiger partial charge < -0.3 is 9.84 Å². The number of aromatic nitrogens is 1. The van der Waals surface area contributed by atoms with E-state index in [1.807, 2.05) is 0 Å². The predicted octanol–water partition coefficient (Wildman–Crippen LogP) is 6.63. The van der Waals surface area contributed by atoms with Crippen molar-refractivity contribution in [2.45, 2.75) is 49.5 Å². The Hall–Kier alpha value is -3.81. The number of pyridine rings is 1. The van der Waals surface area contributed by atoms with E-state index < -0.39 is 56.0 Å². The van der Waals surface area contributed by atoms with Crippen molar-refractivity contribution in [1.82, 2.24) is 4.98 Å². The zero-order chi connectivity index (χ0) is 30.7. The molecule has 1 aromatic heterocycles. The van der Waals surface area contributed by atoms with Gasteiger partial charge in [0.1, 0.15) is 17.5 Å². The quantitative estimate of drug-likeness (QED) is 0.313. The van der Waals surface area contributed by atoms with Crippen molar-refractivity contribution in [2.75, 3.05) is 10.8 Å². The normalized spacial score (nSPS) is 22.6. The van der Waals surface area contributed by atoms with Gasteiger partial charge in [-0.3, -0.25) is 9.10 Å². The van der Waals surface area contributed by atoms with Crippen LogP contribution in [0, 0.1) is 11.3 Å². The molecule has 2 aliphatic rings. The van der Waals surface area contributed by atoms with Crippen LogP contribution in [0.1, 0.15) is 37.4 Å². The molecule has 0 saturated heterocycles. The van der Waals surface area contributed by atoms with Gasteiger partial charge in [0.2, 0.25) is 0 Å². The first-order valence-corrected chi connectivity index (χ1v) is 14.2.